The molecule has 1 fully saturated rings. The molecular formula is C23H27F3N2O6. The zero-order chi connectivity index (χ0) is 25.3. The molecule has 3 rings (SSSR count). The van der Waals surface area contributed by atoms with Crippen LogP contribution in [0.4, 0.5) is 13.2 Å². The van der Waals surface area contributed by atoms with Gasteiger partial charge in [-0.15, -0.1) is 0 Å². The first kappa shape index (κ1) is 26.9. The largest absolute Gasteiger partial charge is 0.497 e. The maximum atomic E-state index is 13.2. The zero-order valence-electron chi connectivity index (χ0n) is 18.8. The van der Waals surface area contributed by atoms with Gasteiger partial charge >= 0.3 is 18.1 Å². The first-order valence-electron chi connectivity index (χ1n) is 10.3. The predicted molar refractivity (Wildman–Crippen MR) is 117 cm³/mol. The van der Waals surface area contributed by atoms with Crippen molar-refractivity contribution in [3.8, 4) is 11.5 Å². The van der Waals surface area contributed by atoms with Crippen LogP contribution in [0.2, 0.25) is 0 Å². The van der Waals surface area contributed by atoms with Gasteiger partial charge in [0.1, 0.15) is 11.5 Å². The highest BCUT2D eigenvalue weighted by Crippen LogP contribution is 2.32. The Morgan fingerprint density at radius 2 is 1.38 bits per heavy atom. The first-order chi connectivity index (χ1) is 16.0. The average molecular weight is 484 g/mol. The summed E-state index contributed by atoms with van der Waals surface area (Å²) in [6.07, 6.45) is -4.32. The number of piperazine rings is 1. The van der Waals surface area contributed by atoms with Gasteiger partial charge in [-0.25, -0.2) is 9.59 Å². The summed E-state index contributed by atoms with van der Waals surface area (Å²) in [6.45, 7) is 4.04. The summed E-state index contributed by atoms with van der Waals surface area (Å²) in [5.41, 5.74) is 0.828. The second-order valence-corrected chi connectivity index (χ2v) is 7.50. The molecule has 0 aliphatic carbocycles. The number of hydrogen-bond acceptors (Lipinski definition) is 6. The van der Waals surface area contributed by atoms with Crippen molar-refractivity contribution in [3.05, 3.63) is 59.2 Å². The Balaban J connectivity index is 0.000000604. The first-order valence-corrected chi connectivity index (χ1v) is 10.3. The fourth-order valence-corrected chi connectivity index (χ4v) is 3.53. The number of ether oxygens (including phenoxy) is 2. The number of hydrogen-bond donors (Lipinski definition) is 2. The molecule has 1 saturated heterocycles. The van der Waals surface area contributed by atoms with Gasteiger partial charge in [-0.05, 0) is 29.8 Å². The normalized spacial score (nSPS) is 14.6. The zero-order valence-corrected chi connectivity index (χ0v) is 18.8. The number of methoxy groups -OCH3 is 2. The van der Waals surface area contributed by atoms with E-state index >= 15 is 0 Å². The molecule has 0 spiro atoms. The van der Waals surface area contributed by atoms with Gasteiger partial charge in [-0.3, -0.25) is 9.80 Å². The number of benzene rings is 2. The van der Waals surface area contributed by atoms with Crippen LogP contribution in [-0.4, -0.2) is 72.4 Å². The van der Waals surface area contributed by atoms with E-state index < -0.39 is 23.7 Å². The van der Waals surface area contributed by atoms with Crippen molar-refractivity contribution in [2.75, 3.05) is 40.4 Å². The molecule has 0 amide bonds. The van der Waals surface area contributed by atoms with Crippen LogP contribution in [0, 0.1) is 0 Å². The summed E-state index contributed by atoms with van der Waals surface area (Å²) in [5.74, 6) is -2.06. The van der Waals surface area contributed by atoms with Crippen LogP contribution < -0.4 is 9.47 Å². The summed E-state index contributed by atoms with van der Waals surface area (Å²) < 4.78 is 50.3. The minimum absolute atomic E-state index is 0.312. The Hall–Kier alpha value is -3.31. The van der Waals surface area contributed by atoms with E-state index in [2.05, 4.69) is 9.80 Å². The van der Waals surface area contributed by atoms with Gasteiger partial charge < -0.3 is 19.7 Å². The van der Waals surface area contributed by atoms with Gasteiger partial charge in [0.2, 0.25) is 0 Å². The molecule has 8 nitrogen and oxygen atoms in total. The molecule has 0 atom stereocenters. The maximum absolute atomic E-state index is 13.2. The summed E-state index contributed by atoms with van der Waals surface area (Å²) in [7, 11) is 3.27. The smallest absolute Gasteiger partial charge is 0.416 e. The van der Waals surface area contributed by atoms with Crippen molar-refractivity contribution in [2.24, 2.45) is 0 Å². The number of alkyl halides is 3. The van der Waals surface area contributed by atoms with E-state index in [9.17, 15) is 13.2 Å². The minimum Gasteiger partial charge on any atom is -0.497 e. The van der Waals surface area contributed by atoms with Crippen LogP contribution in [0.1, 0.15) is 16.7 Å². The van der Waals surface area contributed by atoms with Crippen LogP contribution in [0.5, 0.6) is 11.5 Å². The molecule has 0 unspecified atom stereocenters. The highest BCUT2D eigenvalue weighted by Gasteiger charge is 2.33. The molecule has 34 heavy (non-hydrogen) atoms. The van der Waals surface area contributed by atoms with Crippen LogP contribution in [-0.2, 0) is 28.9 Å². The van der Waals surface area contributed by atoms with E-state index in [1.165, 1.54) is 6.07 Å². The Morgan fingerprint density at radius 1 is 0.853 bits per heavy atom. The predicted octanol–water partition coefficient (Wildman–Crippen LogP) is 3.20. The van der Waals surface area contributed by atoms with Crippen molar-refractivity contribution in [3.63, 3.8) is 0 Å². The number of carboxylic acids is 2. The number of rotatable bonds is 6. The topological polar surface area (TPSA) is 99.5 Å². The fourth-order valence-electron chi connectivity index (χ4n) is 3.53. The van der Waals surface area contributed by atoms with E-state index in [1.54, 1.807) is 26.4 Å². The molecule has 1 aliphatic rings. The van der Waals surface area contributed by atoms with Crippen molar-refractivity contribution in [2.45, 2.75) is 19.3 Å². The van der Waals surface area contributed by atoms with Crippen molar-refractivity contribution in [1.29, 1.82) is 0 Å². The second-order valence-electron chi connectivity index (χ2n) is 7.50. The highest BCUT2D eigenvalue weighted by molar-refractivity contribution is 6.27. The molecule has 2 aromatic rings. The number of aliphatic carboxylic acids is 2. The van der Waals surface area contributed by atoms with E-state index in [4.69, 9.17) is 29.3 Å². The fraction of sp³-hybridized carbons (Fsp3) is 0.391. The van der Waals surface area contributed by atoms with Crippen LogP contribution >= 0.6 is 0 Å². The summed E-state index contributed by atoms with van der Waals surface area (Å²) >= 11 is 0. The molecule has 1 aliphatic heterocycles. The van der Waals surface area contributed by atoms with Crippen molar-refractivity contribution >= 4 is 11.9 Å². The third kappa shape index (κ3) is 7.92. The summed E-state index contributed by atoms with van der Waals surface area (Å²) in [6, 6.07) is 11.5. The third-order valence-corrected chi connectivity index (χ3v) is 5.25. The van der Waals surface area contributed by atoms with Crippen LogP contribution in [0.25, 0.3) is 0 Å². The van der Waals surface area contributed by atoms with Crippen molar-refractivity contribution in [1.82, 2.24) is 9.80 Å². The van der Waals surface area contributed by atoms with Gasteiger partial charge in [-0.2, -0.15) is 13.2 Å². The average Bonchev–Trinajstić information content (AvgIpc) is 2.80. The van der Waals surface area contributed by atoms with Gasteiger partial charge in [-0.1, -0.05) is 18.2 Å². The quantitative estimate of drug-likeness (QED) is 0.604. The lowest BCUT2D eigenvalue weighted by atomic mass is 10.1. The second kappa shape index (κ2) is 12.2. The Bertz CT molecular complexity index is 963. The lowest BCUT2D eigenvalue weighted by molar-refractivity contribution is -0.159. The molecule has 1 heterocycles. The lowest BCUT2D eigenvalue weighted by Crippen LogP contribution is -2.45. The molecule has 0 saturated carbocycles. The maximum Gasteiger partial charge on any atom is 0.416 e. The van der Waals surface area contributed by atoms with Crippen LogP contribution in [0.15, 0.2) is 42.5 Å². The lowest BCUT2D eigenvalue weighted by Gasteiger charge is -2.35. The molecule has 2 aromatic carbocycles. The standard InChI is InChI=1S/C21H25F3N2O2.C2H2O4/c1-27-18-7-8-20(28-2)17(13-18)15-26-11-9-25(10-12-26)14-16-5-3-4-6-19(16)21(22,23)24;3-1(4)2(5)6/h3-8,13H,9-12,14-15H2,1-2H3;(H,3,4)(H,5,6). The molecular weight excluding hydrogens is 457 g/mol. The molecule has 0 radical (unpaired) electrons. The number of carbonyl (C=O) groups is 2. The SMILES string of the molecule is COc1ccc(OC)c(CN2CCN(Cc3ccccc3C(F)(F)F)CC2)c1.O=C(O)C(=O)O. The molecule has 11 heteroatoms. The highest BCUT2D eigenvalue weighted by atomic mass is 19.4. The van der Waals surface area contributed by atoms with E-state index in [-0.39, 0.29) is 0 Å². The van der Waals surface area contributed by atoms with Gasteiger partial charge in [0, 0.05) is 44.8 Å². The molecule has 2 N–H and O–H groups in total. The number of carboxylic acid groups (broad SMARTS) is 2. The van der Waals surface area contributed by atoms with Crippen molar-refractivity contribution < 1.29 is 42.4 Å². The summed E-state index contributed by atoms with van der Waals surface area (Å²) in [4.78, 5) is 22.6. The molecule has 0 bridgehead atoms. The number of nitrogens with zero attached hydrogens (tertiary/aromatic N) is 2. The Morgan fingerprint density at radius 3 is 1.85 bits per heavy atom. The van der Waals surface area contributed by atoms with E-state index in [1.807, 2.05) is 18.2 Å². The van der Waals surface area contributed by atoms with E-state index in [0.717, 1.165) is 49.3 Å². The summed E-state index contributed by atoms with van der Waals surface area (Å²) in [5, 5.41) is 14.8. The molecule has 186 valence electrons. The Labute approximate surface area is 195 Å². The van der Waals surface area contributed by atoms with E-state index in [0.29, 0.717) is 18.7 Å². The Kier molecular flexibility index (Phi) is 9.69. The third-order valence-electron chi connectivity index (χ3n) is 5.25. The minimum atomic E-state index is -4.32. The monoisotopic (exact) mass is 484 g/mol. The molecule has 0 aromatic heterocycles. The number of halogens is 3. The van der Waals surface area contributed by atoms with Gasteiger partial charge in [0.25, 0.3) is 0 Å². The van der Waals surface area contributed by atoms with Gasteiger partial charge in [0.05, 0.1) is 19.8 Å². The van der Waals surface area contributed by atoms with Gasteiger partial charge in [0.15, 0.2) is 0 Å². The van der Waals surface area contributed by atoms with Crippen LogP contribution in [0.3, 0.4) is 0 Å².